The van der Waals surface area contributed by atoms with Crippen molar-refractivity contribution in [3.63, 3.8) is 0 Å². The molecule has 0 saturated heterocycles. The highest BCUT2D eigenvalue weighted by molar-refractivity contribution is 6.19. The zero-order valence-electron chi connectivity index (χ0n) is 18.7. The second kappa shape index (κ2) is 12.1. The van der Waals surface area contributed by atoms with Gasteiger partial charge in [-0.1, -0.05) is 18.7 Å². The van der Waals surface area contributed by atoms with Crippen molar-refractivity contribution in [3.8, 4) is 11.8 Å². The normalized spacial score (nSPS) is 11.0. The Morgan fingerprint density at radius 3 is 2.28 bits per heavy atom. The van der Waals surface area contributed by atoms with Gasteiger partial charge in [-0.25, -0.2) is 4.79 Å². The fourth-order valence-electron chi connectivity index (χ4n) is 2.64. The summed E-state index contributed by atoms with van der Waals surface area (Å²) < 4.78 is 48.1. The Bertz CT molecular complexity index is 1190. The summed E-state index contributed by atoms with van der Waals surface area (Å²) in [5.41, 5.74) is 2.03. The molecular formula is C23H21ClF3N5O4. The molecule has 36 heavy (non-hydrogen) atoms. The Morgan fingerprint density at radius 1 is 1.00 bits per heavy atom. The Labute approximate surface area is 209 Å². The van der Waals surface area contributed by atoms with Crippen LogP contribution in [0.15, 0.2) is 60.7 Å². The van der Waals surface area contributed by atoms with Crippen LogP contribution in [0.4, 0.5) is 30.8 Å². The predicted octanol–water partition coefficient (Wildman–Crippen LogP) is 5.04. The van der Waals surface area contributed by atoms with Gasteiger partial charge >= 0.3 is 18.2 Å². The summed E-state index contributed by atoms with van der Waals surface area (Å²) in [6.45, 7) is 2.71. The van der Waals surface area contributed by atoms with Gasteiger partial charge in [0.25, 0.3) is 0 Å². The quantitative estimate of drug-likeness (QED) is 0.221. The average molecular weight is 524 g/mol. The molecule has 0 fully saturated rings. The molecule has 0 aliphatic rings. The van der Waals surface area contributed by atoms with Gasteiger partial charge in [0, 0.05) is 18.1 Å². The smallest absolute Gasteiger partial charge is 0.422 e. The molecule has 0 aliphatic heterocycles. The third kappa shape index (κ3) is 8.62. The molecule has 0 spiro atoms. The molecule has 0 saturated carbocycles. The Hall–Kier alpha value is -4.06. The number of carbonyl (C=O) groups is 1. The van der Waals surface area contributed by atoms with E-state index in [9.17, 15) is 18.0 Å². The van der Waals surface area contributed by atoms with Crippen molar-refractivity contribution in [3.05, 3.63) is 71.8 Å². The van der Waals surface area contributed by atoms with Gasteiger partial charge in [-0.15, -0.1) is 11.6 Å². The van der Waals surface area contributed by atoms with E-state index in [-0.39, 0.29) is 24.0 Å². The minimum Gasteiger partial charge on any atom is -0.489 e. The number of halogens is 4. The maximum Gasteiger partial charge on any atom is 0.422 e. The first-order valence-corrected chi connectivity index (χ1v) is 10.9. The molecule has 13 heteroatoms. The molecule has 0 atom stereocenters. The minimum absolute atomic E-state index is 0.0365. The summed E-state index contributed by atoms with van der Waals surface area (Å²) in [7, 11) is 0. The van der Waals surface area contributed by atoms with Gasteiger partial charge in [0.15, 0.2) is 6.61 Å². The number of aromatic nitrogens is 3. The summed E-state index contributed by atoms with van der Waals surface area (Å²) in [6, 6.07) is 12.2. The zero-order valence-corrected chi connectivity index (χ0v) is 19.4. The summed E-state index contributed by atoms with van der Waals surface area (Å²) in [5.74, 6) is -0.320. The molecular weight excluding hydrogens is 503 g/mol. The SMILES string of the molecule is C=C(CCl)COc1ccc(CNc2nc(Nc3ccc(C(=O)O)cc3)nc(OCC(F)(F)F)n2)cc1. The van der Waals surface area contributed by atoms with Crippen molar-refractivity contribution in [1.82, 2.24) is 15.0 Å². The van der Waals surface area contributed by atoms with Crippen LogP contribution in [-0.4, -0.2) is 51.3 Å². The van der Waals surface area contributed by atoms with E-state index >= 15 is 0 Å². The molecule has 0 unspecified atom stereocenters. The van der Waals surface area contributed by atoms with Gasteiger partial charge in [0.05, 0.1) is 5.56 Å². The largest absolute Gasteiger partial charge is 0.489 e. The number of alkyl halides is 4. The van der Waals surface area contributed by atoms with Crippen LogP contribution in [0, 0.1) is 0 Å². The van der Waals surface area contributed by atoms with Crippen LogP contribution >= 0.6 is 11.6 Å². The lowest BCUT2D eigenvalue weighted by Crippen LogP contribution is -2.21. The van der Waals surface area contributed by atoms with Gasteiger partial charge in [-0.2, -0.15) is 28.1 Å². The molecule has 1 heterocycles. The molecule has 1 aromatic heterocycles. The van der Waals surface area contributed by atoms with E-state index < -0.39 is 24.8 Å². The van der Waals surface area contributed by atoms with Crippen molar-refractivity contribution < 1.29 is 32.5 Å². The zero-order chi connectivity index (χ0) is 26.1. The molecule has 0 aliphatic carbocycles. The van der Waals surface area contributed by atoms with Gasteiger partial charge < -0.3 is 25.2 Å². The topological polar surface area (TPSA) is 118 Å². The van der Waals surface area contributed by atoms with Gasteiger partial charge in [-0.05, 0) is 47.5 Å². The number of ether oxygens (including phenoxy) is 2. The minimum atomic E-state index is -4.58. The molecule has 3 rings (SSSR count). The Morgan fingerprint density at radius 2 is 1.67 bits per heavy atom. The number of carboxylic acid groups (broad SMARTS) is 1. The fraction of sp³-hybridized carbons (Fsp3) is 0.217. The lowest BCUT2D eigenvalue weighted by molar-refractivity contribution is -0.154. The molecule has 0 radical (unpaired) electrons. The summed E-state index contributed by atoms with van der Waals surface area (Å²) in [5, 5.41) is 14.7. The first kappa shape index (κ1) is 26.5. The molecule has 190 valence electrons. The van der Waals surface area contributed by atoms with Crippen LogP contribution < -0.4 is 20.1 Å². The van der Waals surface area contributed by atoms with E-state index in [2.05, 4.69) is 36.9 Å². The number of hydrogen-bond donors (Lipinski definition) is 3. The summed E-state index contributed by atoms with van der Waals surface area (Å²) in [4.78, 5) is 22.9. The maximum atomic E-state index is 12.6. The first-order valence-electron chi connectivity index (χ1n) is 10.4. The third-order valence-corrected chi connectivity index (χ3v) is 4.75. The monoisotopic (exact) mass is 523 g/mol. The highest BCUT2D eigenvalue weighted by atomic mass is 35.5. The van der Waals surface area contributed by atoms with Crippen molar-refractivity contribution in [2.75, 3.05) is 29.7 Å². The summed E-state index contributed by atoms with van der Waals surface area (Å²) >= 11 is 5.68. The van der Waals surface area contributed by atoms with Crippen LogP contribution in [0.1, 0.15) is 15.9 Å². The van der Waals surface area contributed by atoms with E-state index in [4.69, 9.17) is 21.4 Å². The first-order chi connectivity index (χ1) is 17.1. The lowest BCUT2D eigenvalue weighted by Gasteiger charge is -2.12. The van der Waals surface area contributed by atoms with Crippen LogP contribution in [0.5, 0.6) is 11.8 Å². The second-order valence-corrected chi connectivity index (χ2v) is 7.61. The molecule has 0 amide bonds. The van der Waals surface area contributed by atoms with Gasteiger partial charge in [-0.3, -0.25) is 0 Å². The highest BCUT2D eigenvalue weighted by Gasteiger charge is 2.29. The number of hydrogen-bond acceptors (Lipinski definition) is 8. The maximum absolute atomic E-state index is 12.6. The van der Waals surface area contributed by atoms with Crippen molar-refractivity contribution >= 4 is 35.2 Å². The Balaban J connectivity index is 1.71. The second-order valence-electron chi connectivity index (χ2n) is 7.35. The van der Waals surface area contributed by atoms with Crippen LogP contribution in [0.3, 0.4) is 0 Å². The Kier molecular flexibility index (Phi) is 8.90. The van der Waals surface area contributed by atoms with Crippen molar-refractivity contribution in [2.24, 2.45) is 0 Å². The number of nitrogens with one attached hydrogen (secondary N) is 2. The van der Waals surface area contributed by atoms with E-state index in [1.165, 1.54) is 24.3 Å². The molecule has 9 nitrogen and oxygen atoms in total. The fourth-order valence-corrected chi connectivity index (χ4v) is 2.71. The lowest BCUT2D eigenvalue weighted by atomic mass is 10.2. The number of carboxylic acids is 1. The molecule has 3 N–H and O–H groups in total. The van der Waals surface area contributed by atoms with E-state index in [0.29, 0.717) is 23.9 Å². The van der Waals surface area contributed by atoms with E-state index in [1.54, 1.807) is 24.3 Å². The number of nitrogens with zero attached hydrogens (tertiary/aromatic N) is 3. The van der Waals surface area contributed by atoms with Gasteiger partial charge in [0.2, 0.25) is 11.9 Å². The third-order valence-electron chi connectivity index (χ3n) is 4.37. The number of aromatic carboxylic acids is 1. The average Bonchev–Trinajstić information content (AvgIpc) is 2.85. The molecule has 0 bridgehead atoms. The van der Waals surface area contributed by atoms with Crippen molar-refractivity contribution in [2.45, 2.75) is 12.7 Å². The van der Waals surface area contributed by atoms with Crippen LogP contribution in [0.2, 0.25) is 0 Å². The van der Waals surface area contributed by atoms with Crippen molar-refractivity contribution in [1.29, 1.82) is 0 Å². The standard InChI is InChI=1S/C23H21ClF3N5O4/c1-14(10-24)12-35-18-8-2-15(3-9-18)11-28-20-30-21(32-22(31-20)36-13-23(25,26)27)29-17-6-4-16(5-7-17)19(33)34/h2-9H,1,10-13H2,(H,33,34)(H2,28,29,30,31,32). The van der Waals surface area contributed by atoms with E-state index in [1.807, 2.05) is 0 Å². The highest BCUT2D eigenvalue weighted by Crippen LogP contribution is 2.21. The molecule has 3 aromatic rings. The summed E-state index contributed by atoms with van der Waals surface area (Å²) in [6.07, 6.45) is -4.58. The van der Waals surface area contributed by atoms with Crippen LogP contribution in [-0.2, 0) is 6.54 Å². The number of rotatable bonds is 12. The predicted molar refractivity (Wildman–Crippen MR) is 127 cm³/mol. The molecule has 2 aromatic carbocycles. The number of anilines is 3. The number of benzene rings is 2. The van der Waals surface area contributed by atoms with Crippen LogP contribution in [0.25, 0.3) is 0 Å². The van der Waals surface area contributed by atoms with Gasteiger partial charge in [0.1, 0.15) is 12.4 Å². The van der Waals surface area contributed by atoms with E-state index in [0.717, 1.165) is 11.1 Å².